The Hall–Kier alpha value is -1.66. The molecule has 2 aliphatic heterocycles. The number of aromatic nitrogens is 1. The Morgan fingerprint density at radius 2 is 2.14 bits per heavy atom. The summed E-state index contributed by atoms with van der Waals surface area (Å²) in [6.45, 7) is 4.94. The number of piperidine rings is 1. The fourth-order valence-electron chi connectivity index (χ4n) is 3.37. The lowest BCUT2D eigenvalue weighted by atomic mass is 9.84. The van der Waals surface area contributed by atoms with Gasteiger partial charge in [0.05, 0.1) is 5.56 Å². The van der Waals surface area contributed by atoms with Crippen molar-refractivity contribution in [2.75, 3.05) is 25.4 Å². The summed E-state index contributed by atoms with van der Waals surface area (Å²) in [5, 5.41) is 0. The van der Waals surface area contributed by atoms with Gasteiger partial charge in [0.25, 0.3) is 5.91 Å². The first kappa shape index (κ1) is 14.3. The fourth-order valence-corrected chi connectivity index (χ4v) is 3.37. The van der Waals surface area contributed by atoms with Crippen LogP contribution in [-0.2, 0) is 0 Å². The molecular weight excluding hydrogens is 266 g/mol. The molecule has 0 aromatic carbocycles. The molecule has 6 nitrogen and oxygen atoms in total. The molecule has 2 aliphatic rings. The number of carbonyl (C=O) groups excluding carboxylic acids is 1. The Kier molecular flexibility index (Phi) is 4.07. The minimum absolute atomic E-state index is 0.0616. The number of hydrazine groups is 1. The van der Waals surface area contributed by atoms with E-state index in [0.717, 1.165) is 32.5 Å². The molecule has 2 saturated heterocycles. The van der Waals surface area contributed by atoms with Gasteiger partial charge < -0.3 is 10.6 Å². The Labute approximate surface area is 125 Å². The predicted octanol–water partition coefficient (Wildman–Crippen LogP) is 0.629. The van der Waals surface area contributed by atoms with E-state index in [2.05, 4.69) is 22.8 Å². The first-order chi connectivity index (χ1) is 10.1. The average Bonchev–Trinajstić information content (AvgIpc) is 2.94. The summed E-state index contributed by atoms with van der Waals surface area (Å²) in [6, 6.07) is 3.96. The third-order valence-corrected chi connectivity index (χ3v) is 4.67. The van der Waals surface area contributed by atoms with Gasteiger partial charge in [0.1, 0.15) is 5.82 Å². The molecule has 2 atom stereocenters. The average molecular weight is 289 g/mol. The molecule has 4 N–H and O–H groups in total. The van der Waals surface area contributed by atoms with Crippen molar-refractivity contribution in [2.45, 2.75) is 25.8 Å². The van der Waals surface area contributed by atoms with Crippen LogP contribution in [0.25, 0.3) is 0 Å². The van der Waals surface area contributed by atoms with Gasteiger partial charge in [-0.1, -0.05) is 6.92 Å². The number of anilines is 1. The summed E-state index contributed by atoms with van der Waals surface area (Å²) in [4.78, 5) is 18.3. The number of nitrogens with zero attached hydrogens (tertiary/aromatic N) is 2. The summed E-state index contributed by atoms with van der Waals surface area (Å²) < 4.78 is 0. The van der Waals surface area contributed by atoms with Crippen molar-refractivity contribution in [3.8, 4) is 0 Å². The summed E-state index contributed by atoms with van der Waals surface area (Å²) in [5.74, 6) is 1.80. The highest BCUT2D eigenvalue weighted by Gasteiger charge is 2.34. The zero-order valence-electron chi connectivity index (χ0n) is 12.4. The van der Waals surface area contributed by atoms with E-state index >= 15 is 0 Å². The minimum atomic E-state index is 0.0616. The number of rotatable bonds is 2. The third kappa shape index (κ3) is 3.01. The number of nitrogens with two attached hydrogens (primary N) is 1. The first-order valence-corrected chi connectivity index (χ1v) is 7.64. The van der Waals surface area contributed by atoms with Gasteiger partial charge in [0.15, 0.2) is 0 Å². The number of hydrogen-bond acceptors (Lipinski definition) is 5. The van der Waals surface area contributed by atoms with E-state index in [1.165, 1.54) is 0 Å². The summed E-state index contributed by atoms with van der Waals surface area (Å²) in [5.41, 5.74) is 12.8. The lowest BCUT2D eigenvalue weighted by Gasteiger charge is -2.35. The van der Waals surface area contributed by atoms with Crippen molar-refractivity contribution < 1.29 is 4.79 Å². The molecule has 0 bridgehead atoms. The largest absolute Gasteiger partial charge is 0.384 e. The van der Waals surface area contributed by atoms with Crippen molar-refractivity contribution in [2.24, 2.45) is 11.8 Å². The molecule has 0 spiro atoms. The first-order valence-electron chi connectivity index (χ1n) is 7.64. The van der Waals surface area contributed by atoms with Gasteiger partial charge in [-0.2, -0.15) is 0 Å². The van der Waals surface area contributed by atoms with Crippen molar-refractivity contribution in [3.05, 3.63) is 23.9 Å². The van der Waals surface area contributed by atoms with Crippen molar-refractivity contribution in [1.82, 2.24) is 20.7 Å². The van der Waals surface area contributed by atoms with Crippen LogP contribution in [0.1, 0.15) is 30.1 Å². The maximum absolute atomic E-state index is 12.4. The molecular formula is C15H23N5O. The molecule has 0 radical (unpaired) electrons. The van der Waals surface area contributed by atoms with Gasteiger partial charge in [0.2, 0.25) is 0 Å². The number of nitrogens with one attached hydrogen (secondary N) is 2. The normalized spacial score (nSPS) is 27.0. The van der Waals surface area contributed by atoms with E-state index in [1.54, 1.807) is 18.3 Å². The van der Waals surface area contributed by atoms with Crippen molar-refractivity contribution in [3.63, 3.8) is 0 Å². The van der Waals surface area contributed by atoms with E-state index in [4.69, 9.17) is 5.73 Å². The van der Waals surface area contributed by atoms with Crippen LogP contribution in [-0.4, -0.2) is 41.5 Å². The van der Waals surface area contributed by atoms with Gasteiger partial charge in [-0.05, 0) is 36.8 Å². The third-order valence-electron chi connectivity index (χ3n) is 4.67. The smallest absolute Gasteiger partial charge is 0.255 e. The Balaban J connectivity index is 1.58. The van der Waals surface area contributed by atoms with Gasteiger partial charge in [0, 0.05) is 31.9 Å². The summed E-state index contributed by atoms with van der Waals surface area (Å²) in [6.07, 6.45) is 3.67. The zero-order chi connectivity index (χ0) is 14.8. The number of likely N-dealkylation sites (tertiary alicyclic amines) is 1. The van der Waals surface area contributed by atoms with E-state index < -0.39 is 0 Å². The highest BCUT2D eigenvalue weighted by molar-refractivity contribution is 5.94. The molecule has 3 rings (SSSR count). The molecule has 0 saturated carbocycles. The predicted molar refractivity (Wildman–Crippen MR) is 81.4 cm³/mol. The lowest BCUT2D eigenvalue weighted by molar-refractivity contribution is 0.0665. The second-order valence-corrected chi connectivity index (χ2v) is 6.13. The number of nitrogen functional groups attached to an aromatic ring is 1. The molecule has 3 heterocycles. The van der Waals surface area contributed by atoms with E-state index in [-0.39, 0.29) is 5.91 Å². The topological polar surface area (TPSA) is 83.3 Å². The molecule has 114 valence electrons. The van der Waals surface area contributed by atoms with Crippen molar-refractivity contribution in [1.29, 1.82) is 0 Å². The van der Waals surface area contributed by atoms with E-state index in [1.807, 2.05) is 4.90 Å². The monoisotopic (exact) mass is 289 g/mol. The molecule has 2 fully saturated rings. The molecule has 0 aliphatic carbocycles. The Morgan fingerprint density at radius 1 is 1.38 bits per heavy atom. The van der Waals surface area contributed by atoms with Gasteiger partial charge in [-0.3, -0.25) is 15.6 Å². The molecule has 6 heteroatoms. The van der Waals surface area contributed by atoms with Crippen LogP contribution in [0.3, 0.4) is 0 Å². The summed E-state index contributed by atoms with van der Waals surface area (Å²) >= 11 is 0. The number of amides is 1. The molecule has 1 aromatic rings. The second kappa shape index (κ2) is 5.99. The van der Waals surface area contributed by atoms with Crippen LogP contribution < -0.4 is 16.6 Å². The van der Waals surface area contributed by atoms with Crippen LogP contribution >= 0.6 is 0 Å². The van der Waals surface area contributed by atoms with Gasteiger partial charge in [-0.15, -0.1) is 0 Å². The van der Waals surface area contributed by atoms with Crippen molar-refractivity contribution >= 4 is 11.7 Å². The molecule has 1 amide bonds. The van der Waals surface area contributed by atoms with Crippen LogP contribution in [0.5, 0.6) is 0 Å². The minimum Gasteiger partial charge on any atom is -0.384 e. The number of pyridine rings is 1. The highest BCUT2D eigenvalue weighted by Crippen LogP contribution is 2.27. The lowest BCUT2D eigenvalue weighted by Crippen LogP contribution is -2.45. The zero-order valence-corrected chi connectivity index (χ0v) is 12.4. The van der Waals surface area contributed by atoms with E-state index in [9.17, 15) is 4.79 Å². The van der Waals surface area contributed by atoms with Crippen LogP contribution in [0.2, 0.25) is 0 Å². The Morgan fingerprint density at radius 3 is 2.71 bits per heavy atom. The van der Waals surface area contributed by atoms with Crippen LogP contribution in [0, 0.1) is 11.8 Å². The Bertz CT molecular complexity index is 495. The SMILES string of the molecule is CC1CNNC1C1CCN(C(=O)c2ccc(N)nc2)CC1. The second-order valence-electron chi connectivity index (χ2n) is 6.13. The maximum Gasteiger partial charge on any atom is 0.255 e. The molecule has 2 unspecified atom stereocenters. The highest BCUT2D eigenvalue weighted by atomic mass is 16.2. The standard InChI is InChI=1S/C15H23N5O/c1-10-8-18-19-14(10)11-4-6-20(7-5-11)15(21)12-2-3-13(16)17-9-12/h2-3,9-11,14,18-19H,4-8H2,1H3,(H2,16,17). The quantitative estimate of drug-likeness (QED) is 0.744. The maximum atomic E-state index is 12.4. The van der Waals surface area contributed by atoms with Gasteiger partial charge in [-0.25, -0.2) is 4.98 Å². The number of hydrogen-bond donors (Lipinski definition) is 3. The summed E-state index contributed by atoms with van der Waals surface area (Å²) in [7, 11) is 0. The van der Waals surface area contributed by atoms with Crippen LogP contribution in [0.4, 0.5) is 5.82 Å². The molecule has 21 heavy (non-hydrogen) atoms. The van der Waals surface area contributed by atoms with Crippen LogP contribution in [0.15, 0.2) is 18.3 Å². The molecule has 1 aromatic heterocycles. The number of carbonyl (C=O) groups is 1. The van der Waals surface area contributed by atoms with E-state index in [0.29, 0.717) is 29.3 Å². The fraction of sp³-hybridized carbons (Fsp3) is 0.600. The van der Waals surface area contributed by atoms with Gasteiger partial charge >= 0.3 is 0 Å².